The molecule has 3 atom stereocenters. The van der Waals surface area contributed by atoms with Gasteiger partial charge >= 0.3 is 0 Å². The third-order valence-electron chi connectivity index (χ3n) is 5.81. The number of hydrogen-bond donors (Lipinski definition) is 1. The van der Waals surface area contributed by atoms with Crippen LogP contribution in [-0.2, 0) is 14.4 Å². The van der Waals surface area contributed by atoms with Gasteiger partial charge in [-0.15, -0.1) is 0 Å². The van der Waals surface area contributed by atoms with Gasteiger partial charge in [-0.2, -0.15) is 0 Å². The normalized spacial score (nSPS) is 27.6. The molecule has 3 unspecified atom stereocenters. The molecule has 0 radical (unpaired) electrons. The summed E-state index contributed by atoms with van der Waals surface area (Å²) < 4.78 is 0. The molecule has 1 aromatic carbocycles. The van der Waals surface area contributed by atoms with E-state index in [2.05, 4.69) is 5.32 Å². The summed E-state index contributed by atoms with van der Waals surface area (Å²) in [6.45, 7) is 0.307. The van der Waals surface area contributed by atoms with E-state index < -0.39 is 5.92 Å². The van der Waals surface area contributed by atoms with Gasteiger partial charge in [-0.3, -0.25) is 24.1 Å². The van der Waals surface area contributed by atoms with Crippen LogP contribution in [0.15, 0.2) is 24.3 Å². The van der Waals surface area contributed by atoms with Crippen LogP contribution in [0.1, 0.15) is 32.1 Å². The largest absolute Gasteiger partial charge is 0.351 e. The number of benzene rings is 1. The van der Waals surface area contributed by atoms with Crippen molar-refractivity contribution in [1.29, 1.82) is 0 Å². The second-order valence-electron chi connectivity index (χ2n) is 7.67. The van der Waals surface area contributed by atoms with E-state index in [1.54, 1.807) is 29.2 Å². The zero-order valence-corrected chi connectivity index (χ0v) is 17.4. The third-order valence-corrected chi connectivity index (χ3v) is 6.89. The van der Waals surface area contributed by atoms with Gasteiger partial charge in [0.05, 0.1) is 17.7 Å². The molecule has 9 heteroatoms. The van der Waals surface area contributed by atoms with Crippen LogP contribution in [0, 0.1) is 5.92 Å². The van der Waals surface area contributed by atoms with E-state index in [0.29, 0.717) is 18.0 Å². The van der Waals surface area contributed by atoms with Crippen molar-refractivity contribution in [2.24, 2.45) is 5.92 Å². The van der Waals surface area contributed by atoms with Crippen LogP contribution in [0.4, 0.5) is 10.5 Å². The molecule has 4 amide bonds. The lowest BCUT2D eigenvalue weighted by molar-refractivity contribution is -0.130. The molecule has 3 fully saturated rings. The van der Waals surface area contributed by atoms with E-state index in [4.69, 9.17) is 11.6 Å². The van der Waals surface area contributed by atoms with Crippen molar-refractivity contribution in [1.82, 2.24) is 10.2 Å². The van der Waals surface area contributed by atoms with Crippen LogP contribution < -0.4 is 10.2 Å². The number of imide groups is 1. The van der Waals surface area contributed by atoms with E-state index in [-0.39, 0.29) is 47.2 Å². The number of anilines is 1. The third kappa shape index (κ3) is 4.14. The summed E-state index contributed by atoms with van der Waals surface area (Å²) in [7, 11) is 0. The number of rotatable bonds is 4. The fourth-order valence-corrected chi connectivity index (χ4v) is 5.22. The van der Waals surface area contributed by atoms with E-state index >= 15 is 0 Å². The van der Waals surface area contributed by atoms with E-state index in [1.165, 1.54) is 4.90 Å². The molecule has 7 nitrogen and oxygen atoms in total. The number of carbonyl (C=O) groups excluding carboxylic acids is 4. The monoisotopic (exact) mass is 435 g/mol. The first-order valence-corrected chi connectivity index (χ1v) is 11.2. The zero-order valence-electron chi connectivity index (χ0n) is 15.8. The van der Waals surface area contributed by atoms with E-state index in [0.717, 1.165) is 36.7 Å². The summed E-state index contributed by atoms with van der Waals surface area (Å²) in [4.78, 5) is 52.6. The molecular weight excluding hydrogens is 414 g/mol. The standard InChI is InChI=1S/C20H22ClN3O4S/c21-13-5-7-14(8-6-13)23-10-12(9-17(23)25)19(27)22-15-3-1-2-4-16(15)24-18(26)11-29-20(24)28/h5-8,12,15-16H,1-4,9-11H2,(H,22,27). The minimum Gasteiger partial charge on any atom is -0.351 e. The van der Waals surface area contributed by atoms with Crippen molar-refractivity contribution in [3.8, 4) is 0 Å². The maximum Gasteiger partial charge on any atom is 0.289 e. The molecule has 2 heterocycles. The quantitative estimate of drug-likeness (QED) is 0.785. The van der Waals surface area contributed by atoms with Crippen LogP contribution in [0.2, 0.25) is 5.02 Å². The Kier molecular flexibility index (Phi) is 5.83. The molecule has 1 saturated carbocycles. The molecule has 3 aliphatic rings. The number of halogens is 1. The molecule has 0 bridgehead atoms. The molecule has 2 aliphatic heterocycles. The summed E-state index contributed by atoms with van der Waals surface area (Å²) >= 11 is 6.93. The van der Waals surface area contributed by atoms with Gasteiger partial charge in [0.2, 0.25) is 17.7 Å². The second-order valence-corrected chi connectivity index (χ2v) is 9.03. The highest BCUT2D eigenvalue weighted by Gasteiger charge is 2.42. The van der Waals surface area contributed by atoms with Crippen molar-refractivity contribution < 1.29 is 19.2 Å². The zero-order chi connectivity index (χ0) is 20.5. The highest BCUT2D eigenvalue weighted by Crippen LogP contribution is 2.31. The number of hydrogen-bond acceptors (Lipinski definition) is 5. The van der Waals surface area contributed by atoms with Crippen molar-refractivity contribution in [2.75, 3.05) is 17.2 Å². The van der Waals surface area contributed by atoms with Gasteiger partial charge in [-0.1, -0.05) is 36.2 Å². The topological polar surface area (TPSA) is 86.8 Å². The lowest BCUT2D eigenvalue weighted by Crippen LogP contribution is -2.55. The Hall–Kier alpha value is -2.06. The molecule has 154 valence electrons. The predicted molar refractivity (Wildman–Crippen MR) is 111 cm³/mol. The van der Waals surface area contributed by atoms with Crippen molar-refractivity contribution in [3.63, 3.8) is 0 Å². The van der Waals surface area contributed by atoms with Crippen LogP contribution in [0.3, 0.4) is 0 Å². The minimum absolute atomic E-state index is 0.103. The summed E-state index contributed by atoms with van der Waals surface area (Å²) in [5.41, 5.74) is 0.718. The molecule has 0 spiro atoms. The van der Waals surface area contributed by atoms with Gasteiger partial charge in [0.15, 0.2) is 0 Å². The fourth-order valence-electron chi connectivity index (χ4n) is 4.33. The first-order valence-electron chi connectivity index (χ1n) is 9.79. The molecule has 1 aliphatic carbocycles. The number of carbonyl (C=O) groups is 4. The highest BCUT2D eigenvalue weighted by atomic mass is 35.5. The lowest BCUT2D eigenvalue weighted by atomic mass is 9.88. The van der Waals surface area contributed by atoms with E-state index in [1.807, 2.05) is 0 Å². The van der Waals surface area contributed by atoms with Gasteiger partial charge in [-0.05, 0) is 37.1 Å². The van der Waals surface area contributed by atoms with Crippen LogP contribution in [0.5, 0.6) is 0 Å². The van der Waals surface area contributed by atoms with Crippen LogP contribution in [0.25, 0.3) is 0 Å². The van der Waals surface area contributed by atoms with E-state index in [9.17, 15) is 19.2 Å². The first kappa shape index (κ1) is 20.2. The Morgan fingerprint density at radius 2 is 1.79 bits per heavy atom. The molecule has 29 heavy (non-hydrogen) atoms. The van der Waals surface area contributed by atoms with Gasteiger partial charge in [-0.25, -0.2) is 0 Å². The van der Waals surface area contributed by atoms with Gasteiger partial charge in [0.1, 0.15) is 0 Å². The van der Waals surface area contributed by atoms with Crippen LogP contribution in [-0.4, -0.2) is 52.2 Å². The smallest absolute Gasteiger partial charge is 0.289 e. The summed E-state index contributed by atoms with van der Waals surface area (Å²) in [5, 5.41) is 3.39. The Morgan fingerprint density at radius 1 is 1.07 bits per heavy atom. The maximum atomic E-state index is 12.9. The number of thioether (sulfide) groups is 1. The summed E-state index contributed by atoms with van der Waals surface area (Å²) in [5.74, 6) is -0.771. The molecule has 4 rings (SSSR count). The Labute approximate surface area is 178 Å². The fraction of sp³-hybridized carbons (Fsp3) is 0.500. The SMILES string of the molecule is O=C(NC1CCCCC1N1C(=O)CSC1=O)C1CC(=O)N(c2ccc(Cl)cc2)C1. The lowest BCUT2D eigenvalue weighted by Gasteiger charge is -2.37. The second kappa shape index (κ2) is 8.36. The molecule has 1 aromatic rings. The Balaban J connectivity index is 1.43. The maximum absolute atomic E-state index is 12.9. The average molecular weight is 436 g/mol. The number of nitrogens with one attached hydrogen (secondary N) is 1. The average Bonchev–Trinajstić information content (AvgIpc) is 3.25. The van der Waals surface area contributed by atoms with Crippen LogP contribution >= 0.6 is 23.4 Å². The Morgan fingerprint density at radius 3 is 2.48 bits per heavy atom. The minimum atomic E-state index is -0.458. The molecule has 0 aromatic heterocycles. The number of amides is 4. The first-order chi connectivity index (χ1) is 13.9. The molecular formula is C20H22ClN3O4S. The summed E-state index contributed by atoms with van der Waals surface area (Å²) in [6.07, 6.45) is 3.42. The highest BCUT2D eigenvalue weighted by molar-refractivity contribution is 8.14. The summed E-state index contributed by atoms with van der Waals surface area (Å²) in [6, 6.07) is 6.40. The van der Waals surface area contributed by atoms with Gasteiger partial charge < -0.3 is 10.2 Å². The van der Waals surface area contributed by atoms with Gasteiger partial charge in [0.25, 0.3) is 5.24 Å². The molecule has 2 saturated heterocycles. The predicted octanol–water partition coefficient (Wildman–Crippen LogP) is 2.82. The van der Waals surface area contributed by atoms with Crippen molar-refractivity contribution in [3.05, 3.63) is 29.3 Å². The Bertz CT molecular complexity index is 831. The molecule has 1 N–H and O–H groups in total. The van der Waals surface area contributed by atoms with Crippen molar-refractivity contribution >= 4 is 52.0 Å². The van der Waals surface area contributed by atoms with Crippen molar-refractivity contribution in [2.45, 2.75) is 44.2 Å². The van der Waals surface area contributed by atoms with Gasteiger partial charge in [0, 0.05) is 29.7 Å². The number of nitrogens with zero attached hydrogens (tertiary/aromatic N) is 2.